The lowest BCUT2D eigenvalue weighted by molar-refractivity contribution is -0.150. The molecule has 168 valence electrons. The van der Waals surface area contributed by atoms with E-state index in [1.165, 1.54) is 13.8 Å². The molecule has 0 radical (unpaired) electrons. The molecule has 13 heteroatoms. The summed E-state index contributed by atoms with van der Waals surface area (Å²) in [5.41, 5.74) is -1.17. The quantitative estimate of drug-likeness (QED) is 0.510. The third kappa shape index (κ3) is 7.63. The van der Waals surface area contributed by atoms with Gasteiger partial charge < -0.3 is 10.1 Å². The highest BCUT2D eigenvalue weighted by atomic mass is 32.2. The van der Waals surface area contributed by atoms with Crippen LogP contribution in [0, 0.1) is 5.92 Å². The van der Waals surface area contributed by atoms with Crippen molar-refractivity contribution in [2.24, 2.45) is 5.92 Å². The predicted molar refractivity (Wildman–Crippen MR) is 98.6 cm³/mol. The van der Waals surface area contributed by atoms with Crippen LogP contribution in [0.5, 0.6) is 0 Å². The molecule has 0 aliphatic heterocycles. The smallest absolute Gasteiger partial charge is 0.416 e. The van der Waals surface area contributed by atoms with E-state index in [-0.39, 0.29) is 6.54 Å². The van der Waals surface area contributed by atoms with E-state index in [0.29, 0.717) is 12.1 Å². The zero-order valence-electron chi connectivity index (χ0n) is 16.4. The largest absolute Gasteiger partial charge is 0.454 e. The molecule has 0 heterocycles. The second-order valence-electron chi connectivity index (χ2n) is 6.38. The van der Waals surface area contributed by atoms with Gasteiger partial charge in [0.15, 0.2) is 6.61 Å². The van der Waals surface area contributed by atoms with Crippen LogP contribution < -0.4 is 15.4 Å². The molecule has 9 nitrogen and oxygen atoms in total. The SMILES string of the molecule is CCNC(=O)NC(=O)COC(=O)[C@H](NS(=O)(=O)c1cccc(C(F)(F)F)c1)C(C)C. The fourth-order valence-electron chi connectivity index (χ4n) is 2.13. The molecular weight excluding hydrogens is 431 g/mol. The predicted octanol–water partition coefficient (Wildman–Crippen LogP) is 1.40. The van der Waals surface area contributed by atoms with Gasteiger partial charge in [-0.2, -0.15) is 17.9 Å². The monoisotopic (exact) mass is 453 g/mol. The van der Waals surface area contributed by atoms with Crippen LogP contribution in [0.1, 0.15) is 26.3 Å². The van der Waals surface area contributed by atoms with Crippen molar-refractivity contribution >= 4 is 27.9 Å². The maximum atomic E-state index is 12.8. The Kier molecular flexibility index (Phi) is 8.78. The van der Waals surface area contributed by atoms with Gasteiger partial charge in [0.05, 0.1) is 10.5 Å². The number of sulfonamides is 1. The summed E-state index contributed by atoms with van der Waals surface area (Å²) in [6.07, 6.45) is -4.75. The lowest BCUT2D eigenvalue weighted by atomic mass is 10.1. The van der Waals surface area contributed by atoms with Gasteiger partial charge in [0.25, 0.3) is 5.91 Å². The van der Waals surface area contributed by atoms with E-state index in [4.69, 9.17) is 4.74 Å². The van der Waals surface area contributed by atoms with Crippen molar-refractivity contribution in [3.8, 4) is 0 Å². The summed E-state index contributed by atoms with van der Waals surface area (Å²) in [6.45, 7) is 3.95. The minimum absolute atomic E-state index is 0.256. The van der Waals surface area contributed by atoms with Crippen LogP contribution in [-0.2, 0) is 30.5 Å². The van der Waals surface area contributed by atoms with Crippen molar-refractivity contribution in [1.82, 2.24) is 15.4 Å². The van der Waals surface area contributed by atoms with E-state index in [9.17, 15) is 36.0 Å². The Morgan fingerprint density at radius 1 is 1.17 bits per heavy atom. The van der Waals surface area contributed by atoms with E-state index in [2.05, 4.69) is 5.32 Å². The number of urea groups is 1. The summed E-state index contributed by atoms with van der Waals surface area (Å²) in [6, 6.07) is 0.725. The van der Waals surface area contributed by atoms with E-state index in [0.717, 1.165) is 12.1 Å². The molecule has 30 heavy (non-hydrogen) atoms. The second kappa shape index (κ2) is 10.4. The Labute approximate surface area is 171 Å². The van der Waals surface area contributed by atoms with E-state index < -0.39 is 63.1 Å². The number of imide groups is 1. The minimum atomic E-state index is -4.75. The number of rotatable bonds is 8. The van der Waals surface area contributed by atoms with Gasteiger partial charge in [-0.15, -0.1) is 0 Å². The fraction of sp³-hybridized carbons (Fsp3) is 0.471. The molecule has 3 amide bonds. The maximum Gasteiger partial charge on any atom is 0.416 e. The van der Waals surface area contributed by atoms with Crippen molar-refractivity contribution in [2.45, 2.75) is 37.9 Å². The van der Waals surface area contributed by atoms with Crippen LogP contribution in [-0.4, -0.2) is 45.5 Å². The summed E-state index contributed by atoms with van der Waals surface area (Å²) in [5.74, 6) is -2.74. The molecule has 0 aliphatic carbocycles. The standard InChI is InChI=1S/C17H22F3N3O6S/c1-4-21-16(26)22-13(24)9-29-15(25)14(10(2)3)23-30(27,28)12-7-5-6-11(8-12)17(18,19)20/h5-8,10,14,23H,4,9H2,1-3H3,(H2,21,22,24,26)/t14-/m1/s1. The number of esters is 1. The first-order valence-corrected chi connectivity index (χ1v) is 10.2. The van der Waals surface area contributed by atoms with Gasteiger partial charge in [0, 0.05) is 6.54 Å². The van der Waals surface area contributed by atoms with Crippen LogP contribution >= 0.6 is 0 Å². The summed E-state index contributed by atoms with van der Waals surface area (Å²) in [7, 11) is -4.51. The molecule has 0 aromatic heterocycles. The highest BCUT2D eigenvalue weighted by Gasteiger charge is 2.34. The average molecular weight is 453 g/mol. The van der Waals surface area contributed by atoms with Crippen molar-refractivity contribution < 1.29 is 40.7 Å². The van der Waals surface area contributed by atoms with Gasteiger partial charge >= 0.3 is 18.2 Å². The zero-order chi connectivity index (χ0) is 23.1. The zero-order valence-corrected chi connectivity index (χ0v) is 17.2. The lowest BCUT2D eigenvalue weighted by Gasteiger charge is -2.21. The third-order valence-corrected chi connectivity index (χ3v) is 5.05. The number of benzene rings is 1. The first-order valence-electron chi connectivity index (χ1n) is 8.71. The van der Waals surface area contributed by atoms with Crippen LogP contribution in [0.3, 0.4) is 0 Å². The molecule has 0 fully saturated rings. The summed E-state index contributed by atoms with van der Waals surface area (Å²) < 4.78 is 70.2. The van der Waals surface area contributed by atoms with Crippen LogP contribution in [0.2, 0.25) is 0 Å². The Balaban J connectivity index is 2.89. The van der Waals surface area contributed by atoms with Crippen molar-refractivity contribution in [1.29, 1.82) is 0 Å². The van der Waals surface area contributed by atoms with Crippen molar-refractivity contribution in [2.75, 3.05) is 13.2 Å². The number of carbonyl (C=O) groups is 3. The highest BCUT2D eigenvalue weighted by Crippen LogP contribution is 2.30. The van der Waals surface area contributed by atoms with Crippen LogP contribution in [0.4, 0.5) is 18.0 Å². The number of amides is 3. The minimum Gasteiger partial charge on any atom is -0.454 e. The Bertz CT molecular complexity index is 887. The average Bonchev–Trinajstić information content (AvgIpc) is 2.63. The number of alkyl halides is 3. The molecule has 0 bridgehead atoms. The topological polar surface area (TPSA) is 131 Å². The van der Waals surface area contributed by atoms with Crippen molar-refractivity contribution in [3.05, 3.63) is 29.8 Å². The molecule has 0 aliphatic rings. The molecule has 0 saturated heterocycles. The number of hydrogen-bond acceptors (Lipinski definition) is 6. The van der Waals surface area contributed by atoms with Crippen LogP contribution in [0.15, 0.2) is 29.2 Å². The van der Waals surface area contributed by atoms with Gasteiger partial charge in [0.2, 0.25) is 10.0 Å². The summed E-state index contributed by atoms with van der Waals surface area (Å²) in [4.78, 5) is 34.3. The third-order valence-electron chi connectivity index (χ3n) is 3.61. The van der Waals surface area contributed by atoms with Gasteiger partial charge in [-0.3, -0.25) is 14.9 Å². The number of nitrogens with one attached hydrogen (secondary N) is 3. The number of ether oxygens (including phenoxy) is 1. The molecule has 0 unspecified atom stereocenters. The molecule has 1 atom stereocenters. The number of carbonyl (C=O) groups excluding carboxylic acids is 3. The summed E-state index contributed by atoms with van der Waals surface area (Å²) >= 11 is 0. The molecule has 0 spiro atoms. The molecule has 0 saturated carbocycles. The Hall–Kier alpha value is -2.67. The van der Waals surface area contributed by atoms with Gasteiger partial charge in [0.1, 0.15) is 6.04 Å². The van der Waals surface area contributed by atoms with Gasteiger partial charge in [-0.05, 0) is 31.0 Å². The number of hydrogen-bond donors (Lipinski definition) is 3. The molecule has 1 rings (SSSR count). The summed E-state index contributed by atoms with van der Waals surface area (Å²) in [5, 5.41) is 4.17. The lowest BCUT2D eigenvalue weighted by Crippen LogP contribution is -2.47. The number of halogens is 3. The second-order valence-corrected chi connectivity index (χ2v) is 8.10. The van der Waals surface area contributed by atoms with E-state index in [1.54, 1.807) is 6.92 Å². The molecule has 3 N–H and O–H groups in total. The molecule has 1 aromatic rings. The van der Waals surface area contributed by atoms with Crippen molar-refractivity contribution in [3.63, 3.8) is 0 Å². The Morgan fingerprint density at radius 2 is 1.80 bits per heavy atom. The first-order chi connectivity index (χ1) is 13.8. The Morgan fingerprint density at radius 3 is 2.33 bits per heavy atom. The maximum absolute atomic E-state index is 12.8. The van der Waals surface area contributed by atoms with E-state index >= 15 is 0 Å². The molecular formula is C17H22F3N3O6S. The first kappa shape index (κ1) is 25.4. The highest BCUT2D eigenvalue weighted by molar-refractivity contribution is 7.89. The molecule has 1 aromatic carbocycles. The van der Waals surface area contributed by atoms with E-state index in [1.807, 2.05) is 10.0 Å². The fourth-order valence-corrected chi connectivity index (χ4v) is 3.50. The normalized spacial score (nSPS) is 12.9. The van der Waals surface area contributed by atoms with Gasteiger partial charge in [-0.1, -0.05) is 19.9 Å². The van der Waals surface area contributed by atoms with Gasteiger partial charge in [-0.25, -0.2) is 13.2 Å². The van der Waals surface area contributed by atoms with Crippen LogP contribution in [0.25, 0.3) is 0 Å².